The average Bonchev–Trinajstić information content (AvgIpc) is 3.13. The van der Waals surface area contributed by atoms with Crippen LogP contribution in [0.25, 0.3) is 0 Å². The summed E-state index contributed by atoms with van der Waals surface area (Å²) in [7, 11) is 2.08. The molecule has 0 aliphatic carbocycles. The second kappa shape index (κ2) is 9.86. The van der Waals surface area contributed by atoms with Crippen molar-refractivity contribution >= 4 is 27.1 Å². The van der Waals surface area contributed by atoms with Gasteiger partial charge in [-0.05, 0) is 54.4 Å². The average molecular weight is 584 g/mol. The molecule has 2 fully saturated rings. The van der Waals surface area contributed by atoms with E-state index < -0.39 is 29.3 Å². The summed E-state index contributed by atoms with van der Waals surface area (Å²) in [6.07, 6.45) is 4.51. The molecule has 1 amide bonds. The molecule has 7 nitrogen and oxygen atoms in total. The summed E-state index contributed by atoms with van der Waals surface area (Å²) in [6, 6.07) is 11.5. The molecule has 2 saturated heterocycles. The number of halogens is 2. The second-order valence-electron chi connectivity index (χ2n) is 10.9. The van der Waals surface area contributed by atoms with Gasteiger partial charge in [-0.25, -0.2) is 8.78 Å². The highest BCUT2D eigenvalue weighted by Gasteiger charge is 2.51. The van der Waals surface area contributed by atoms with Gasteiger partial charge in [0.1, 0.15) is 6.17 Å². The van der Waals surface area contributed by atoms with Crippen LogP contribution in [-0.4, -0.2) is 41.4 Å². The molecule has 1 spiro atoms. The van der Waals surface area contributed by atoms with Crippen LogP contribution in [0.2, 0.25) is 0 Å². The van der Waals surface area contributed by atoms with Crippen molar-refractivity contribution in [2.45, 2.75) is 48.5 Å². The van der Waals surface area contributed by atoms with E-state index in [4.69, 9.17) is 9.26 Å². The summed E-state index contributed by atoms with van der Waals surface area (Å²) in [5, 5.41) is 2.08. The zero-order valence-electron chi connectivity index (χ0n) is 21.6. The van der Waals surface area contributed by atoms with Gasteiger partial charge >= 0.3 is 0 Å². The van der Waals surface area contributed by atoms with Crippen molar-refractivity contribution in [1.82, 2.24) is 9.58 Å². The molecule has 40 heavy (non-hydrogen) atoms. The molecule has 4 aliphatic rings. The van der Waals surface area contributed by atoms with Crippen LogP contribution in [0.1, 0.15) is 58.9 Å². The Balaban J connectivity index is 1.51. The number of pyridine rings is 1. The van der Waals surface area contributed by atoms with Crippen LogP contribution < -0.4 is 15.0 Å². The summed E-state index contributed by atoms with van der Waals surface area (Å²) in [5.74, 6) is -1.81. The normalized spacial score (nSPS) is 23.1. The lowest BCUT2D eigenvalue weighted by atomic mass is 9.71. The number of carbonyl (C=O) groups excluding carboxylic acids is 1. The number of fused-ring (bicyclic) bond motifs is 4. The molecular weight excluding hydrogens is 555 g/mol. The molecule has 3 atom stereocenters. The number of ether oxygens (including phenoxy) is 1. The summed E-state index contributed by atoms with van der Waals surface area (Å²) in [6.45, 7) is 1.85. The molecule has 7 rings (SSSR count). The van der Waals surface area contributed by atoms with Crippen molar-refractivity contribution in [2.24, 2.45) is 5.41 Å². The number of aromatic nitrogens is 1. The zero-order valence-corrected chi connectivity index (χ0v) is 23.6. The smallest absolute Gasteiger partial charge is 0.278 e. The molecule has 1 aromatic heterocycles. The summed E-state index contributed by atoms with van der Waals surface area (Å²) in [4.78, 5) is 29.7. The Hall–Kier alpha value is -2.94. The van der Waals surface area contributed by atoms with Crippen LogP contribution in [-0.2, 0) is 10.5 Å². The van der Waals surface area contributed by atoms with Gasteiger partial charge in [0.2, 0.25) is 11.2 Å². The fourth-order valence-corrected chi connectivity index (χ4v) is 8.22. The van der Waals surface area contributed by atoms with E-state index in [0.29, 0.717) is 37.3 Å². The Morgan fingerprint density at radius 2 is 1.82 bits per heavy atom. The van der Waals surface area contributed by atoms with Crippen molar-refractivity contribution in [3.8, 4) is 5.75 Å². The first kappa shape index (κ1) is 26.0. The first-order valence-electron chi connectivity index (χ1n) is 13.4. The first-order chi connectivity index (χ1) is 19.4. The number of thioether (sulfide) groups is 1. The fraction of sp³-hybridized carbons (Fsp3) is 0.379. The number of amides is 1. The van der Waals surface area contributed by atoms with Gasteiger partial charge in [-0.3, -0.25) is 19.3 Å². The number of rotatable bonds is 2. The summed E-state index contributed by atoms with van der Waals surface area (Å²) >= 11 is 1.47. The molecule has 0 radical (unpaired) electrons. The largest absolute Gasteiger partial charge is 0.474 e. The molecule has 0 bridgehead atoms. The van der Waals surface area contributed by atoms with Gasteiger partial charge in [0, 0.05) is 48.2 Å². The number of hydrogen-bond donors (Lipinski definition) is 0. The monoisotopic (exact) mass is 583 g/mol. The number of carbonyl (C=O) groups is 1. The molecule has 5 heterocycles. The highest BCUT2D eigenvalue weighted by Crippen LogP contribution is 2.50. The Morgan fingerprint density at radius 1 is 1.02 bits per heavy atom. The van der Waals surface area contributed by atoms with E-state index in [1.54, 1.807) is 16.9 Å². The zero-order chi connectivity index (χ0) is 27.6. The summed E-state index contributed by atoms with van der Waals surface area (Å²) < 4.78 is 42.8. The number of hydrogen-bond acceptors (Lipinski definition) is 6. The third-order valence-electron chi connectivity index (χ3n) is 8.96. The number of nitrogens with zero attached hydrogens (tertiary/aromatic N) is 3. The SMILES string of the molecule is O=C1c2c(OP)c(=O)ccn2N([C@@H]2c3ccccc3SCc3c2ccc(F)c3F)[C@@H]2CC3(CCOCC3)CCN12. The minimum absolute atomic E-state index is 0.00963. The molecule has 0 saturated carbocycles. The molecule has 1 unspecified atom stereocenters. The number of benzene rings is 2. The van der Waals surface area contributed by atoms with Gasteiger partial charge in [-0.2, -0.15) is 0 Å². The lowest BCUT2D eigenvalue weighted by Crippen LogP contribution is -2.66. The van der Waals surface area contributed by atoms with Crippen LogP contribution in [0.3, 0.4) is 0 Å². The molecular formula is C29H28F2N3O4PS. The van der Waals surface area contributed by atoms with Gasteiger partial charge in [0.05, 0.1) is 15.5 Å². The lowest BCUT2D eigenvalue weighted by Gasteiger charge is -2.56. The predicted octanol–water partition coefficient (Wildman–Crippen LogP) is 5.00. The Bertz CT molecular complexity index is 1580. The third-order valence-corrected chi connectivity index (χ3v) is 10.3. The molecule has 4 aliphatic heterocycles. The summed E-state index contributed by atoms with van der Waals surface area (Å²) in [5.41, 5.74) is 1.57. The highest BCUT2D eigenvalue weighted by molar-refractivity contribution is 7.98. The first-order valence-corrected chi connectivity index (χ1v) is 14.9. The van der Waals surface area contributed by atoms with Crippen molar-refractivity contribution in [3.63, 3.8) is 0 Å². The van der Waals surface area contributed by atoms with Crippen LogP contribution in [0.15, 0.2) is 58.4 Å². The standard InChI is InChI=1S/C29H28F2N3O4PS/c30-20-6-5-17-19(24(20)31)16-40-22-4-2-1-3-18(22)25(17)34-23-15-29(9-13-37-14-10-29)8-12-32(23)28(36)26-27(38-39)21(35)7-11-33(26)34/h1-7,11,23,25H,8-10,12-16,39H2/t23-,25+/m1/s1. The van der Waals surface area contributed by atoms with E-state index in [9.17, 15) is 14.0 Å². The van der Waals surface area contributed by atoms with Crippen LogP contribution in [0.4, 0.5) is 8.78 Å². The van der Waals surface area contributed by atoms with Gasteiger partial charge in [0.15, 0.2) is 17.3 Å². The van der Waals surface area contributed by atoms with Crippen LogP contribution >= 0.6 is 21.2 Å². The van der Waals surface area contributed by atoms with E-state index in [-0.39, 0.29) is 28.5 Å². The molecule has 208 valence electrons. The van der Waals surface area contributed by atoms with E-state index >= 15 is 4.39 Å². The van der Waals surface area contributed by atoms with E-state index in [2.05, 4.69) is 14.5 Å². The van der Waals surface area contributed by atoms with Crippen molar-refractivity contribution in [3.05, 3.63) is 92.9 Å². The van der Waals surface area contributed by atoms with Gasteiger partial charge in [0.25, 0.3) is 5.91 Å². The Kier molecular flexibility index (Phi) is 6.40. The van der Waals surface area contributed by atoms with E-state index in [1.165, 1.54) is 23.9 Å². The van der Waals surface area contributed by atoms with Crippen molar-refractivity contribution < 1.29 is 22.8 Å². The molecule has 3 aromatic rings. The minimum Gasteiger partial charge on any atom is -0.474 e. The van der Waals surface area contributed by atoms with Gasteiger partial charge < -0.3 is 14.2 Å². The van der Waals surface area contributed by atoms with Gasteiger partial charge in [-0.1, -0.05) is 24.3 Å². The minimum atomic E-state index is -0.888. The quantitative estimate of drug-likeness (QED) is 0.396. The highest BCUT2D eigenvalue weighted by atomic mass is 32.2. The van der Waals surface area contributed by atoms with Crippen molar-refractivity contribution in [2.75, 3.05) is 24.8 Å². The van der Waals surface area contributed by atoms with Gasteiger partial charge in [-0.15, -0.1) is 11.8 Å². The third kappa shape index (κ3) is 3.90. The lowest BCUT2D eigenvalue weighted by molar-refractivity contribution is -0.0430. The topological polar surface area (TPSA) is 64.0 Å². The van der Waals surface area contributed by atoms with Crippen LogP contribution in [0.5, 0.6) is 5.75 Å². The maximum Gasteiger partial charge on any atom is 0.278 e. The Labute approximate surface area is 236 Å². The van der Waals surface area contributed by atoms with Crippen LogP contribution in [0, 0.1) is 17.0 Å². The molecule has 0 N–H and O–H groups in total. The van der Waals surface area contributed by atoms with E-state index in [1.807, 2.05) is 29.2 Å². The number of piperidine rings is 1. The predicted molar refractivity (Wildman–Crippen MR) is 150 cm³/mol. The molecule has 11 heteroatoms. The fourth-order valence-electron chi connectivity index (χ4n) is 6.88. The molecule has 2 aromatic carbocycles. The Morgan fingerprint density at radius 3 is 2.62 bits per heavy atom. The van der Waals surface area contributed by atoms with Crippen molar-refractivity contribution in [1.29, 1.82) is 0 Å². The maximum atomic E-state index is 15.4. The van der Waals surface area contributed by atoms with E-state index in [0.717, 1.165) is 29.7 Å². The second-order valence-corrected chi connectivity index (χ2v) is 12.2. The maximum absolute atomic E-state index is 15.4.